The topological polar surface area (TPSA) is 27.1 Å². The molecular formula is C16H14ClFN2O. The van der Waals surface area contributed by atoms with Crippen LogP contribution in [0.15, 0.2) is 18.3 Å². The molecule has 5 heteroatoms. The second kappa shape index (κ2) is 5.79. The van der Waals surface area contributed by atoms with Gasteiger partial charge in [0.15, 0.2) is 5.82 Å². The first kappa shape index (κ1) is 14.0. The summed E-state index contributed by atoms with van der Waals surface area (Å²) in [7, 11) is 0. The molecule has 0 saturated carbocycles. The number of rotatable bonds is 3. The second-order valence-corrected chi connectivity index (χ2v) is 5.39. The maximum absolute atomic E-state index is 14.2. The van der Waals surface area contributed by atoms with Crippen molar-refractivity contribution in [3.63, 3.8) is 0 Å². The van der Waals surface area contributed by atoms with Gasteiger partial charge >= 0.3 is 0 Å². The van der Waals surface area contributed by atoms with E-state index in [1.165, 1.54) is 17.7 Å². The zero-order chi connectivity index (χ0) is 14.8. The predicted molar refractivity (Wildman–Crippen MR) is 79.5 cm³/mol. The Morgan fingerprint density at radius 3 is 2.95 bits per heavy atom. The summed E-state index contributed by atoms with van der Waals surface area (Å²) >= 11 is 5.96. The van der Waals surface area contributed by atoms with Crippen LogP contribution in [0.1, 0.15) is 24.1 Å². The molecule has 0 bridgehead atoms. The molecule has 0 radical (unpaired) electrons. The van der Waals surface area contributed by atoms with Gasteiger partial charge in [0.1, 0.15) is 18.0 Å². The minimum Gasteiger partial charge on any atom is -0.479 e. The largest absolute Gasteiger partial charge is 0.479 e. The van der Waals surface area contributed by atoms with Gasteiger partial charge in [-0.25, -0.2) is 9.07 Å². The third kappa shape index (κ3) is 2.74. The number of fused-ring (bicyclic) bond motifs is 1. The molecule has 0 atom stereocenters. The SMILES string of the molecule is C#CCOc1cc(-n2cc3c(n2)CCCC3)c(F)cc1Cl. The highest BCUT2D eigenvalue weighted by molar-refractivity contribution is 6.32. The highest BCUT2D eigenvalue weighted by atomic mass is 35.5. The minimum absolute atomic E-state index is 0.0837. The molecule has 0 spiro atoms. The van der Waals surface area contributed by atoms with Gasteiger partial charge in [-0.15, -0.1) is 6.42 Å². The lowest BCUT2D eigenvalue weighted by Crippen LogP contribution is -2.03. The Hall–Kier alpha value is -1.99. The van der Waals surface area contributed by atoms with Crippen LogP contribution >= 0.6 is 11.6 Å². The molecule has 1 aliphatic carbocycles. The first-order valence-corrected chi connectivity index (χ1v) is 7.20. The zero-order valence-electron chi connectivity index (χ0n) is 11.4. The number of terminal acetylenes is 1. The smallest absolute Gasteiger partial charge is 0.150 e. The molecule has 108 valence electrons. The van der Waals surface area contributed by atoms with Crippen LogP contribution in [0.4, 0.5) is 4.39 Å². The average molecular weight is 305 g/mol. The lowest BCUT2D eigenvalue weighted by molar-refractivity contribution is 0.369. The fourth-order valence-corrected chi connectivity index (χ4v) is 2.72. The molecule has 0 amide bonds. The summed E-state index contributed by atoms with van der Waals surface area (Å²) in [6, 6.07) is 2.76. The van der Waals surface area contributed by atoms with Crippen molar-refractivity contribution in [3.8, 4) is 23.8 Å². The van der Waals surface area contributed by atoms with E-state index < -0.39 is 5.82 Å². The van der Waals surface area contributed by atoms with Gasteiger partial charge in [0.25, 0.3) is 0 Å². The maximum atomic E-state index is 14.2. The molecule has 0 saturated heterocycles. The Morgan fingerprint density at radius 2 is 2.19 bits per heavy atom. The van der Waals surface area contributed by atoms with Crippen LogP contribution in [0.2, 0.25) is 5.02 Å². The van der Waals surface area contributed by atoms with Crippen LogP contribution in [0.5, 0.6) is 5.75 Å². The van der Waals surface area contributed by atoms with Crippen molar-refractivity contribution in [2.24, 2.45) is 0 Å². The monoisotopic (exact) mass is 304 g/mol. The molecule has 0 aliphatic heterocycles. The summed E-state index contributed by atoms with van der Waals surface area (Å²) in [5, 5.41) is 4.67. The van der Waals surface area contributed by atoms with E-state index in [4.69, 9.17) is 22.8 Å². The minimum atomic E-state index is -0.437. The van der Waals surface area contributed by atoms with Crippen LogP contribution in [-0.2, 0) is 12.8 Å². The standard InChI is InChI=1S/C16H14ClFN2O/c1-2-7-21-16-9-15(13(18)8-12(16)17)20-10-11-5-3-4-6-14(11)19-20/h1,8-10H,3-7H2. The van der Waals surface area contributed by atoms with Crippen LogP contribution in [0.25, 0.3) is 5.69 Å². The van der Waals surface area contributed by atoms with Crippen molar-refractivity contribution in [3.05, 3.63) is 40.4 Å². The van der Waals surface area contributed by atoms with Crippen molar-refractivity contribution < 1.29 is 9.13 Å². The number of halogens is 2. The summed E-state index contributed by atoms with van der Waals surface area (Å²) in [6.45, 7) is 0.0837. The van der Waals surface area contributed by atoms with Gasteiger partial charge in [0, 0.05) is 12.3 Å². The summed E-state index contributed by atoms with van der Waals surface area (Å²) in [5.74, 6) is 2.28. The van der Waals surface area contributed by atoms with Crippen molar-refractivity contribution in [1.29, 1.82) is 0 Å². The molecule has 1 aromatic carbocycles. The third-order valence-electron chi connectivity index (χ3n) is 3.55. The molecular weight excluding hydrogens is 291 g/mol. The maximum Gasteiger partial charge on any atom is 0.150 e. The van der Waals surface area contributed by atoms with Crippen molar-refractivity contribution in [2.75, 3.05) is 6.61 Å². The van der Waals surface area contributed by atoms with Crippen molar-refractivity contribution in [2.45, 2.75) is 25.7 Å². The Labute approximate surface area is 127 Å². The van der Waals surface area contributed by atoms with Crippen LogP contribution < -0.4 is 4.74 Å². The van der Waals surface area contributed by atoms with E-state index in [1.54, 1.807) is 4.68 Å². The molecule has 0 fully saturated rings. The number of benzene rings is 1. The van der Waals surface area contributed by atoms with Gasteiger partial charge in [-0.2, -0.15) is 5.10 Å². The number of ether oxygens (including phenoxy) is 1. The normalized spacial score (nSPS) is 13.6. The highest BCUT2D eigenvalue weighted by Gasteiger charge is 2.17. The van der Waals surface area contributed by atoms with Crippen molar-refractivity contribution >= 4 is 11.6 Å². The number of hydrogen-bond acceptors (Lipinski definition) is 2. The van der Waals surface area contributed by atoms with Gasteiger partial charge in [0.05, 0.1) is 10.7 Å². The van der Waals surface area contributed by atoms with E-state index in [-0.39, 0.29) is 11.6 Å². The van der Waals surface area contributed by atoms with Crippen molar-refractivity contribution in [1.82, 2.24) is 9.78 Å². The summed E-state index contributed by atoms with van der Waals surface area (Å²) in [6.07, 6.45) is 11.3. The van der Waals surface area contributed by atoms with Gasteiger partial charge < -0.3 is 4.74 Å². The molecule has 1 aliphatic rings. The van der Waals surface area contributed by atoms with Gasteiger partial charge in [-0.1, -0.05) is 17.5 Å². The summed E-state index contributed by atoms with van der Waals surface area (Å²) in [4.78, 5) is 0. The Balaban J connectivity index is 2.01. The Morgan fingerprint density at radius 1 is 1.38 bits per heavy atom. The first-order valence-electron chi connectivity index (χ1n) is 6.82. The Bertz CT molecular complexity index is 694. The second-order valence-electron chi connectivity index (χ2n) is 4.98. The van der Waals surface area contributed by atoms with Gasteiger partial charge in [0.2, 0.25) is 0 Å². The molecule has 0 N–H and O–H groups in total. The van der Waals surface area contributed by atoms with E-state index >= 15 is 0 Å². The van der Waals surface area contributed by atoms with E-state index in [2.05, 4.69) is 11.0 Å². The van der Waals surface area contributed by atoms with Crippen LogP contribution in [0, 0.1) is 18.2 Å². The van der Waals surface area contributed by atoms with Crippen LogP contribution in [0.3, 0.4) is 0 Å². The lowest BCUT2D eigenvalue weighted by atomic mass is 9.99. The predicted octanol–water partition coefficient (Wildman–Crippen LogP) is 3.56. The number of nitrogens with zero attached hydrogens (tertiary/aromatic N) is 2. The fourth-order valence-electron chi connectivity index (χ4n) is 2.52. The molecule has 3 rings (SSSR count). The first-order chi connectivity index (χ1) is 10.2. The van der Waals surface area contributed by atoms with Crippen LogP contribution in [-0.4, -0.2) is 16.4 Å². The Kier molecular flexibility index (Phi) is 3.85. The molecule has 2 aromatic rings. The number of aromatic nitrogens is 2. The van der Waals surface area contributed by atoms with E-state index in [0.29, 0.717) is 11.4 Å². The molecule has 21 heavy (non-hydrogen) atoms. The van der Waals surface area contributed by atoms with E-state index in [0.717, 1.165) is 31.4 Å². The van der Waals surface area contributed by atoms with E-state index in [1.807, 2.05) is 6.20 Å². The zero-order valence-corrected chi connectivity index (χ0v) is 12.2. The van der Waals surface area contributed by atoms with E-state index in [9.17, 15) is 4.39 Å². The average Bonchev–Trinajstić information content (AvgIpc) is 2.90. The number of aryl methyl sites for hydroxylation is 2. The third-order valence-corrected chi connectivity index (χ3v) is 3.84. The fraction of sp³-hybridized carbons (Fsp3) is 0.312. The molecule has 1 aromatic heterocycles. The lowest BCUT2D eigenvalue weighted by Gasteiger charge is -2.09. The molecule has 1 heterocycles. The quantitative estimate of drug-likeness (QED) is 0.811. The summed E-state index contributed by atoms with van der Waals surface area (Å²) < 4.78 is 21.1. The summed E-state index contributed by atoms with van der Waals surface area (Å²) in [5.41, 5.74) is 2.55. The molecule has 0 unspecified atom stereocenters. The number of hydrogen-bond donors (Lipinski definition) is 0. The molecule has 3 nitrogen and oxygen atoms in total. The van der Waals surface area contributed by atoms with Gasteiger partial charge in [-0.05, 0) is 37.3 Å². The van der Waals surface area contributed by atoms with Gasteiger partial charge in [-0.3, -0.25) is 0 Å². The highest BCUT2D eigenvalue weighted by Crippen LogP contribution is 2.30.